The molecular weight excluding hydrogens is 774 g/mol. The molecule has 2 N–H and O–H groups in total. The summed E-state index contributed by atoms with van der Waals surface area (Å²) in [5.41, 5.74) is 3.21. The molecule has 0 radical (unpaired) electrons. The Bertz CT molecular complexity index is 2100. The number of nitrogens with zero attached hydrogens (tertiary/aromatic N) is 4. The Morgan fingerprint density at radius 3 is 2.30 bits per heavy atom. The van der Waals surface area contributed by atoms with Gasteiger partial charge in [-0.3, -0.25) is 19.3 Å². The molecule has 4 heterocycles. The number of nitrogens with one attached hydrogen (secondary N) is 1. The third-order valence-electron chi connectivity index (χ3n) is 13.2. The third kappa shape index (κ3) is 8.23. The van der Waals surface area contributed by atoms with Crippen molar-refractivity contribution in [3.63, 3.8) is 0 Å². The van der Waals surface area contributed by atoms with Crippen LogP contribution in [0.4, 0.5) is 21.2 Å². The summed E-state index contributed by atoms with van der Waals surface area (Å²) in [6, 6.07) is 25.4. The van der Waals surface area contributed by atoms with Crippen LogP contribution in [0.25, 0.3) is 0 Å². The SMILES string of the molecule is CC(C)=CCC/C(C)=C/CN1C(=O)[C@@]2(O[C@@H](CC(=O)N(CCO)Cc3ccccc3)[C@H]([Si](C)(C)F)[C@H]2C)c2cc(N3CN(c4ccccc4)C4(CCNCC4)C3=O)ccc21. The second-order valence-electron chi connectivity index (χ2n) is 17.9. The monoisotopic (exact) mass is 835 g/mol. The highest BCUT2D eigenvalue weighted by Crippen LogP contribution is 2.61. The molecule has 0 saturated carbocycles. The van der Waals surface area contributed by atoms with Gasteiger partial charge in [0.05, 0.1) is 31.5 Å². The van der Waals surface area contributed by atoms with Crippen molar-refractivity contribution in [1.29, 1.82) is 0 Å². The molecule has 12 heteroatoms. The number of halogens is 1. The van der Waals surface area contributed by atoms with Gasteiger partial charge in [0.1, 0.15) is 5.54 Å². The first-order chi connectivity index (χ1) is 28.7. The van der Waals surface area contributed by atoms with Crippen LogP contribution in [-0.4, -0.2) is 87.2 Å². The van der Waals surface area contributed by atoms with E-state index in [0.717, 1.165) is 42.8 Å². The van der Waals surface area contributed by atoms with Crippen molar-refractivity contribution in [1.82, 2.24) is 10.2 Å². The van der Waals surface area contributed by atoms with Gasteiger partial charge in [0.25, 0.3) is 11.8 Å². The number of hydrogen-bond acceptors (Lipinski definition) is 7. The second-order valence-corrected chi connectivity index (χ2v) is 21.7. The van der Waals surface area contributed by atoms with E-state index in [1.54, 1.807) is 22.9 Å². The fourth-order valence-corrected chi connectivity index (χ4v) is 12.7. The minimum Gasteiger partial charge on any atom is -0.395 e. The van der Waals surface area contributed by atoms with E-state index in [1.807, 2.05) is 90.7 Å². The molecule has 2 spiro atoms. The number of para-hydroxylation sites is 1. The van der Waals surface area contributed by atoms with Crippen LogP contribution in [-0.2, 0) is 31.3 Å². The largest absolute Gasteiger partial charge is 0.395 e. The lowest BCUT2D eigenvalue weighted by Crippen LogP contribution is -2.55. The van der Waals surface area contributed by atoms with E-state index in [1.165, 1.54) is 5.57 Å². The number of amides is 3. The molecule has 0 aliphatic carbocycles. The molecular formula is C48H62FN5O5Si. The van der Waals surface area contributed by atoms with Crippen molar-refractivity contribution < 1.29 is 28.3 Å². The van der Waals surface area contributed by atoms with Crippen molar-refractivity contribution in [3.05, 3.63) is 113 Å². The van der Waals surface area contributed by atoms with Crippen molar-refractivity contribution in [2.45, 2.75) is 102 Å². The van der Waals surface area contributed by atoms with Crippen LogP contribution < -0.4 is 20.0 Å². The number of rotatable bonds is 14. The lowest BCUT2D eigenvalue weighted by molar-refractivity contribution is -0.149. The number of anilines is 3. The van der Waals surface area contributed by atoms with E-state index in [2.05, 4.69) is 43.1 Å². The van der Waals surface area contributed by atoms with Crippen LogP contribution in [0.15, 0.2) is 102 Å². The summed E-state index contributed by atoms with van der Waals surface area (Å²) in [6.45, 7) is 13.7. The summed E-state index contributed by atoms with van der Waals surface area (Å²) < 4.78 is 23.9. The highest BCUT2D eigenvalue weighted by Gasteiger charge is 2.67. The number of carbonyl (C=O) groups is 3. The molecule has 3 saturated heterocycles. The van der Waals surface area contributed by atoms with E-state index < -0.39 is 37.1 Å². The van der Waals surface area contributed by atoms with Crippen molar-refractivity contribution in [2.24, 2.45) is 5.92 Å². The average Bonchev–Trinajstić information content (AvgIpc) is 3.77. The zero-order chi connectivity index (χ0) is 42.8. The molecule has 4 aliphatic rings. The fraction of sp³-hybridized carbons (Fsp3) is 0.479. The van der Waals surface area contributed by atoms with Gasteiger partial charge in [-0.2, -0.15) is 0 Å². The molecule has 3 fully saturated rings. The Kier molecular flexibility index (Phi) is 12.9. The first-order valence-corrected chi connectivity index (χ1v) is 24.6. The predicted octanol–water partition coefficient (Wildman–Crippen LogP) is 7.85. The molecule has 3 amide bonds. The van der Waals surface area contributed by atoms with E-state index in [-0.39, 0.29) is 43.8 Å². The molecule has 4 aliphatic heterocycles. The van der Waals surface area contributed by atoms with Crippen LogP contribution in [0.1, 0.15) is 70.9 Å². The Hall–Kier alpha value is -4.62. The summed E-state index contributed by atoms with van der Waals surface area (Å²) in [5.74, 6) is -1.16. The number of piperidine rings is 1. The highest BCUT2D eigenvalue weighted by molar-refractivity contribution is 6.72. The normalized spacial score (nSPS) is 23.8. The minimum absolute atomic E-state index is 0.0133. The Balaban J connectivity index is 1.29. The van der Waals surface area contributed by atoms with Gasteiger partial charge in [-0.15, -0.1) is 0 Å². The van der Waals surface area contributed by atoms with Crippen LogP contribution in [0.3, 0.4) is 0 Å². The summed E-state index contributed by atoms with van der Waals surface area (Å²) in [6.07, 6.45) is 6.32. The van der Waals surface area contributed by atoms with E-state index in [9.17, 15) is 14.7 Å². The Morgan fingerprint density at radius 1 is 0.967 bits per heavy atom. The minimum atomic E-state index is -3.61. The Labute approximate surface area is 356 Å². The van der Waals surface area contributed by atoms with Gasteiger partial charge in [0.2, 0.25) is 14.3 Å². The first kappa shape index (κ1) is 43.5. The lowest BCUT2D eigenvalue weighted by atomic mass is 9.82. The summed E-state index contributed by atoms with van der Waals surface area (Å²) >= 11 is 0. The molecule has 3 aromatic rings. The third-order valence-corrected chi connectivity index (χ3v) is 15.7. The van der Waals surface area contributed by atoms with Crippen LogP contribution in [0.5, 0.6) is 0 Å². The standard InChI is InChI=1S/C48H62FN5O5Si/c1-34(2)14-13-15-35(3)22-27-52-41-21-20-39(53-33-54(38-18-11-8-12-19-38)47(45(53)57)23-25-50-26-24-47)30-40(41)48(46(52)58)36(4)44(60(5,6)49)42(59-48)31-43(56)51(28-29-55)32-37-16-9-7-10-17-37/h7-12,14,16-22,30,36,42,44,50,55H,13,15,23-29,31-33H2,1-6H3/b35-22+/t36-,42+,44-,48+/m1/s1. The first-order valence-electron chi connectivity index (χ1n) is 21.6. The van der Waals surface area contributed by atoms with E-state index in [4.69, 9.17) is 4.74 Å². The highest BCUT2D eigenvalue weighted by atomic mass is 28.4. The number of ether oxygens (including phenoxy) is 1. The molecule has 0 bridgehead atoms. The average molecular weight is 836 g/mol. The summed E-state index contributed by atoms with van der Waals surface area (Å²) in [7, 11) is -3.61. The molecule has 60 heavy (non-hydrogen) atoms. The second kappa shape index (κ2) is 17.8. The molecule has 7 rings (SSSR count). The van der Waals surface area contributed by atoms with Crippen LogP contribution in [0, 0.1) is 5.92 Å². The number of fused-ring (bicyclic) bond motifs is 2. The van der Waals surface area contributed by atoms with Gasteiger partial charge >= 0.3 is 0 Å². The number of hydrogen-bond donors (Lipinski definition) is 2. The molecule has 0 unspecified atom stereocenters. The molecule has 3 aromatic carbocycles. The van der Waals surface area contributed by atoms with Gasteiger partial charge in [-0.25, -0.2) is 0 Å². The summed E-state index contributed by atoms with van der Waals surface area (Å²) in [4.78, 5) is 51.7. The van der Waals surface area contributed by atoms with Gasteiger partial charge in [0, 0.05) is 48.0 Å². The lowest BCUT2D eigenvalue weighted by Gasteiger charge is -2.39. The number of aliphatic hydroxyl groups excluding tert-OH is 1. The van der Waals surface area contributed by atoms with E-state index in [0.29, 0.717) is 43.0 Å². The number of aliphatic hydroxyl groups is 1. The number of benzene rings is 3. The predicted molar refractivity (Wildman–Crippen MR) is 239 cm³/mol. The molecule has 0 aromatic heterocycles. The fourth-order valence-electron chi connectivity index (χ4n) is 10.2. The molecule has 320 valence electrons. The molecule has 4 atom stereocenters. The summed E-state index contributed by atoms with van der Waals surface area (Å²) in [5, 5.41) is 13.4. The maximum atomic E-state index is 16.9. The van der Waals surface area contributed by atoms with Gasteiger partial charge in [0.15, 0.2) is 5.60 Å². The Morgan fingerprint density at radius 2 is 1.65 bits per heavy atom. The van der Waals surface area contributed by atoms with Gasteiger partial charge in [-0.05, 0) is 109 Å². The zero-order valence-corrected chi connectivity index (χ0v) is 37.1. The number of allylic oxidation sites excluding steroid dienone is 3. The topological polar surface area (TPSA) is 106 Å². The quantitative estimate of drug-likeness (QED) is 0.0969. The van der Waals surface area contributed by atoms with Gasteiger partial charge < -0.3 is 34.0 Å². The smallest absolute Gasteiger partial charge is 0.264 e. The number of carbonyl (C=O) groups excluding carboxylic acids is 3. The van der Waals surface area contributed by atoms with Crippen molar-refractivity contribution in [3.8, 4) is 0 Å². The van der Waals surface area contributed by atoms with Crippen LogP contribution in [0.2, 0.25) is 18.6 Å². The van der Waals surface area contributed by atoms with Crippen LogP contribution >= 0.6 is 0 Å². The van der Waals surface area contributed by atoms with Crippen molar-refractivity contribution in [2.75, 3.05) is 54.2 Å². The van der Waals surface area contributed by atoms with E-state index >= 15 is 8.90 Å². The van der Waals surface area contributed by atoms with Gasteiger partial charge in [-0.1, -0.05) is 78.8 Å². The van der Waals surface area contributed by atoms with Crippen molar-refractivity contribution >= 4 is 43.2 Å². The maximum Gasteiger partial charge on any atom is 0.264 e. The maximum absolute atomic E-state index is 16.9. The molecule has 10 nitrogen and oxygen atoms in total. The zero-order valence-electron chi connectivity index (χ0n) is 36.1.